The van der Waals surface area contributed by atoms with Crippen LogP contribution in [0.3, 0.4) is 0 Å². The number of ether oxygens (including phenoxy) is 2. The summed E-state index contributed by atoms with van der Waals surface area (Å²) in [6.45, 7) is 2.55. The summed E-state index contributed by atoms with van der Waals surface area (Å²) >= 11 is 1.65. The first-order valence-electron chi connectivity index (χ1n) is 8.65. The van der Waals surface area contributed by atoms with Gasteiger partial charge in [-0.25, -0.2) is 0 Å². The summed E-state index contributed by atoms with van der Waals surface area (Å²) in [5.74, 6) is 0.857. The molecular weight excluding hydrogens is 362 g/mol. The van der Waals surface area contributed by atoms with Gasteiger partial charge in [-0.1, -0.05) is 17.8 Å². The first kappa shape index (κ1) is 17.1. The van der Waals surface area contributed by atoms with Crippen molar-refractivity contribution in [1.29, 1.82) is 0 Å². The molecule has 1 aromatic carbocycles. The largest absolute Gasteiger partial charge is 0.448 e. The number of hydrogen-bond donors (Lipinski definition) is 1. The third-order valence-electron chi connectivity index (χ3n) is 4.95. The SMILES string of the molecule is Cc1sc2cc3c(cc2[n+]1CCCS(=O)(=O)O)OC1(CCCCC1)O3. The van der Waals surface area contributed by atoms with Crippen LogP contribution in [0.25, 0.3) is 10.2 Å². The van der Waals surface area contributed by atoms with Crippen molar-refractivity contribution in [3.8, 4) is 11.5 Å². The molecule has 2 aliphatic rings. The van der Waals surface area contributed by atoms with Gasteiger partial charge in [0.05, 0.1) is 11.8 Å². The Bertz CT molecular complexity index is 913. The van der Waals surface area contributed by atoms with Crippen LogP contribution < -0.4 is 14.0 Å². The molecule has 1 N–H and O–H groups in total. The Morgan fingerprint density at radius 2 is 1.88 bits per heavy atom. The number of aryl methyl sites for hydroxylation is 2. The maximum Gasteiger partial charge on any atom is 0.265 e. The minimum atomic E-state index is -3.93. The molecule has 0 atom stereocenters. The van der Waals surface area contributed by atoms with Crippen LogP contribution in [0.15, 0.2) is 12.1 Å². The van der Waals surface area contributed by atoms with E-state index in [9.17, 15) is 8.42 Å². The molecule has 2 aromatic rings. The van der Waals surface area contributed by atoms with Crippen molar-refractivity contribution in [3.63, 3.8) is 0 Å². The van der Waals surface area contributed by atoms with Crippen LogP contribution in [0.2, 0.25) is 0 Å². The van der Waals surface area contributed by atoms with E-state index in [-0.39, 0.29) is 5.75 Å². The zero-order valence-corrected chi connectivity index (χ0v) is 15.8. The highest BCUT2D eigenvalue weighted by Crippen LogP contribution is 2.47. The zero-order chi connectivity index (χ0) is 17.7. The van der Waals surface area contributed by atoms with Crippen LogP contribution in [0.5, 0.6) is 11.5 Å². The Labute approximate surface area is 151 Å². The molecule has 25 heavy (non-hydrogen) atoms. The van der Waals surface area contributed by atoms with Crippen LogP contribution in [0.4, 0.5) is 0 Å². The summed E-state index contributed by atoms with van der Waals surface area (Å²) in [6.07, 6.45) is 5.68. The molecule has 1 aliphatic heterocycles. The molecule has 1 aromatic heterocycles. The van der Waals surface area contributed by atoms with Gasteiger partial charge >= 0.3 is 0 Å². The van der Waals surface area contributed by atoms with E-state index in [1.165, 1.54) is 6.42 Å². The molecule has 1 saturated carbocycles. The first-order valence-corrected chi connectivity index (χ1v) is 11.1. The summed E-state index contributed by atoms with van der Waals surface area (Å²) < 4.78 is 46.4. The number of fused-ring (bicyclic) bond motifs is 2. The lowest BCUT2D eigenvalue weighted by Gasteiger charge is -2.31. The van der Waals surface area contributed by atoms with Gasteiger partial charge in [-0.3, -0.25) is 4.55 Å². The minimum absolute atomic E-state index is 0.232. The van der Waals surface area contributed by atoms with Crippen LogP contribution in [0.1, 0.15) is 43.5 Å². The van der Waals surface area contributed by atoms with Gasteiger partial charge in [0, 0.05) is 32.3 Å². The highest BCUT2D eigenvalue weighted by molar-refractivity contribution is 7.85. The molecule has 4 rings (SSSR count). The lowest BCUT2D eigenvalue weighted by Crippen LogP contribution is -2.40. The van der Waals surface area contributed by atoms with E-state index in [1.54, 1.807) is 11.3 Å². The lowest BCUT2D eigenvalue weighted by molar-refractivity contribution is -0.672. The Kier molecular flexibility index (Phi) is 4.16. The number of hydrogen-bond acceptors (Lipinski definition) is 5. The Balaban J connectivity index is 1.62. The van der Waals surface area contributed by atoms with E-state index in [1.807, 2.05) is 19.1 Å². The highest BCUT2D eigenvalue weighted by Gasteiger charge is 2.43. The smallest absolute Gasteiger partial charge is 0.265 e. The van der Waals surface area contributed by atoms with Gasteiger partial charge in [0.15, 0.2) is 18.0 Å². The Morgan fingerprint density at radius 3 is 2.56 bits per heavy atom. The van der Waals surface area contributed by atoms with Gasteiger partial charge in [-0.15, -0.1) is 0 Å². The van der Waals surface area contributed by atoms with Crippen molar-refractivity contribution in [3.05, 3.63) is 17.1 Å². The summed E-state index contributed by atoms with van der Waals surface area (Å²) in [4.78, 5) is 0. The average molecular weight is 384 g/mol. The minimum Gasteiger partial charge on any atom is -0.448 e. The van der Waals surface area contributed by atoms with Gasteiger partial charge in [-0.05, 0) is 12.8 Å². The molecule has 6 nitrogen and oxygen atoms in total. The fraction of sp³-hybridized carbons (Fsp3) is 0.588. The van der Waals surface area contributed by atoms with Crippen molar-refractivity contribution in [2.24, 2.45) is 0 Å². The van der Waals surface area contributed by atoms with Crippen molar-refractivity contribution in [2.75, 3.05) is 5.75 Å². The lowest BCUT2D eigenvalue weighted by atomic mass is 9.94. The second-order valence-electron chi connectivity index (χ2n) is 6.85. The predicted octanol–water partition coefficient (Wildman–Crippen LogP) is 3.21. The summed E-state index contributed by atoms with van der Waals surface area (Å²) in [5.41, 5.74) is 1.02. The third kappa shape index (κ3) is 3.35. The standard InChI is InChI=1S/C17H21NO5S2/c1-12-18(8-5-9-25(19,20)21)13-10-14-15(11-16(13)24-12)23-17(22-14)6-3-2-4-7-17/h10-11H,2-9H2,1H3/p+1. The van der Waals surface area contributed by atoms with Gasteiger partial charge in [-0.2, -0.15) is 13.0 Å². The molecular formula is C17H22NO5S2+. The Morgan fingerprint density at radius 1 is 1.20 bits per heavy atom. The molecule has 1 spiro atoms. The molecule has 1 fully saturated rings. The molecule has 1 aliphatic carbocycles. The third-order valence-corrected chi connectivity index (χ3v) is 6.81. The van der Waals surface area contributed by atoms with Crippen LogP contribution >= 0.6 is 11.3 Å². The Hall–Kier alpha value is -1.38. The summed E-state index contributed by atoms with van der Waals surface area (Å²) in [5, 5.41) is 1.08. The molecule has 0 radical (unpaired) electrons. The van der Waals surface area contributed by atoms with E-state index in [0.717, 1.165) is 52.4 Å². The van der Waals surface area contributed by atoms with E-state index in [4.69, 9.17) is 14.0 Å². The second kappa shape index (κ2) is 6.10. The fourth-order valence-corrected chi connectivity index (χ4v) is 5.32. The van der Waals surface area contributed by atoms with E-state index < -0.39 is 15.9 Å². The van der Waals surface area contributed by atoms with Crippen molar-refractivity contribution >= 4 is 31.7 Å². The van der Waals surface area contributed by atoms with Crippen LogP contribution in [-0.2, 0) is 16.7 Å². The molecule has 2 heterocycles. The maximum atomic E-state index is 10.9. The van der Waals surface area contributed by atoms with Crippen LogP contribution in [-0.4, -0.2) is 24.5 Å². The highest BCUT2D eigenvalue weighted by atomic mass is 32.2. The summed E-state index contributed by atoms with van der Waals surface area (Å²) in [7, 11) is -3.93. The van der Waals surface area contributed by atoms with Gasteiger partial charge in [0.1, 0.15) is 4.70 Å². The number of aromatic nitrogens is 1. The summed E-state index contributed by atoms with van der Waals surface area (Å²) in [6, 6.07) is 4.04. The predicted molar refractivity (Wildman–Crippen MR) is 94.9 cm³/mol. The monoisotopic (exact) mass is 384 g/mol. The molecule has 8 heteroatoms. The molecule has 0 amide bonds. The van der Waals surface area contributed by atoms with Gasteiger partial charge < -0.3 is 9.47 Å². The first-order chi connectivity index (χ1) is 11.9. The number of rotatable bonds is 4. The van der Waals surface area contributed by atoms with Crippen molar-refractivity contribution < 1.29 is 27.0 Å². The number of nitrogens with zero attached hydrogens (tertiary/aromatic N) is 1. The van der Waals surface area contributed by atoms with Crippen LogP contribution in [0, 0.1) is 6.92 Å². The average Bonchev–Trinajstić information content (AvgIpc) is 3.01. The maximum absolute atomic E-state index is 10.9. The van der Waals surface area contributed by atoms with Crippen molar-refractivity contribution in [1.82, 2.24) is 0 Å². The molecule has 0 saturated heterocycles. The second-order valence-corrected chi connectivity index (χ2v) is 9.66. The molecule has 0 unspecified atom stereocenters. The fourth-order valence-electron chi connectivity index (χ4n) is 3.77. The topological polar surface area (TPSA) is 76.7 Å². The van der Waals surface area contributed by atoms with E-state index >= 15 is 0 Å². The zero-order valence-electron chi connectivity index (χ0n) is 14.2. The van der Waals surface area contributed by atoms with Crippen molar-refractivity contribution in [2.45, 2.75) is 57.8 Å². The van der Waals surface area contributed by atoms with Gasteiger partial charge in [0.2, 0.25) is 10.5 Å². The molecule has 0 bridgehead atoms. The van der Waals surface area contributed by atoms with E-state index in [2.05, 4.69) is 4.57 Å². The van der Waals surface area contributed by atoms with E-state index in [0.29, 0.717) is 13.0 Å². The number of benzene rings is 1. The van der Waals surface area contributed by atoms with Gasteiger partial charge in [0.25, 0.3) is 15.9 Å². The molecule has 136 valence electrons. The number of thiazole rings is 1. The quantitative estimate of drug-likeness (QED) is 0.647. The normalized spacial score (nSPS) is 19.0.